The number of likely N-dealkylation sites (tertiary alicyclic amines) is 1. The maximum absolute atomic E-state index is 12.2. The van der Waals surface area contributed by atoms with Crippen molar-refractivity contribution in [3.8, 4) is 0 Å². The zero-order valence-corrected chi connectivity index (χ0v) is 14.8. The summed E-state index contributed by atoms with van der Waals surface area (Å²) >= 11 is 1.51. The van der Waals surface area contributed by atoms with Gasteiger partial charge in [-0.1, -0.05) is 19.1 Å². The number of thioether (sulfide) groups is 1. The fraction of sp³-hybridized carbons (Fsp3) is 0.444. The molecule has 1 amide bonds. The molecule has 0 saturated carbocycles. The summed E-state index contributed by atoms with van der Waals surface area (Å²) in [6, 6.07) is 8.20. The van der Waals surface area contributed by atoms with Gasteiger partial charge in [-0.25, -0.2) is 0 Å². The van der Waals surface area contributed by atoms with E-state index in [-0.39, 0.29) is 5.91 Å². The zero-order valence-electron chi connectivity index (χ0n) is 14.0. The lowest BCUT2D eigenvalue weighted by Crippen LogP contribution is -2.37. The van der Waals surface area contributed by atoms with E-state index >= 15 is 0 Å². The van der Waals surface area contributed by atoms with Gasteiger partial charge in [0.25, 0.3) is 5.91 Å². The van der Waals surface area contributed by atoms with Crippen LogP contribution in [0.5, 0.6) is 0 Å². The van der Waals surface area contributed by atoms with Crippen LogP contribution in [0.25, 0.3) is 6.08 Å². The van der Waals surface area contributed by atoms with Crippen LogP contribution < -0.4 is 4.90 Å². The van der Waals surface area contributed by atoms with Crippen molar-refractivity contribution in [3.05, 3.63) is 34.7 Å². The molecule has 1 unspecified atom stereocenters. The number of benzene rings is 1. The van der Waals surface area contributed by atoms with E-state index in [4.69, 9.17) is 0 Å². The van der Waals surface area contributed by atoms with Gasteiger partial charge in [0, 0.05) is 32.9 Å². The maximum Gasteiger partial charge on any atom is 0.286 e. The van der Waals surface area contributed by atoms with Crippen LogP contribution in [0.1, 0.15) is 25.3 Å². The van der Waals surface area contributed by atoms with Crippen LogP contribution in [0.2, 0.25) is 0 Å². The lowest BCUT2D eigenvalue weighted by atomic mass is 10.0. The van der Waals surface area contributed by atoms with E-state index in [0.717, 1.165) is 34.4 Å². The van der Waals surface area contributed by atoms with Gasteiger partial charge in [0.1, 0.15) is 0 Å². The molecule has 1 aromatic rings. The van der Waals surface area contributed by atoms with Crippen molar-refractivity contribution in [2.24, 2.45) is 10.9 Å². The molecule has 1 atom stereocenters. The standard InChI is InChI=1S/C18H23N3OS/c1-13-5-4-10-21(12-13)18-19-17(22)16(23-18)11-14-6-8-15(9-7-14)20(2)3/h6-9,11,13H,4-5,10,12H2,1-3H3/b16-11-. The van der Waals surface area contributed by atoms with Gasteiger partial charge < -0.3 is 9.80 Å². The average Bonchev–Trinajstić information content (AvgIpc) is 2.89. The van der Waals surface area contributed by atoms with Crippen molar-refractivity contribution in [2.75, 3.05) is 32.1 Å². The number of hydrogen-bond acceptors (Lipinski definition) is 4. The van der Waals surface area contributed by atoms with Crippen molar-refractivity contribution in [1.29, 1.82) is 0 Å². The fourth-order valence-electron chi connectivity index (χ4n) is 2.92. The van der Waals surface area contributed by atoms with Crippen LogP contribution in [0.3, 0.4) is 0 Å². The Bertz CT molecular complexity index is 649. The highest BCUT2D eigenvalue weighted by atomic mass is 32.2. The van der Waals surface area contributed by atoms with Crippen molar-refractivity contribution in [3.63, 3.8) is 0 Å². The molecule has 2 aliphatic rings. The average molecular weight is 329 g/mol. The molecule has 2 heterocycles. The van der Waals surface area contributed by atoms with E-state index in [1.54, 1.807) is 0 Å². The van der Waals surface area contributed by atoms with Crippen LogP contribution in [0, 0.1) is 5.92 Å². The minimum Gasteiger partial charge on any atom is -0.378 e. The predicted octanol–water partition coefficient (Wildman–Crippen LogP) is 3.45. The third kappa shape index (κ3) is 3.78. The van der Waals surface area contributed by atoms with Gasteiger partial charge in [-0.3, -0.25) is 4.79 Å². The molecule has 0 bridgehead atoms. The second kappa shape index (κ2) is 6.79. The predicted molar refractivity (Wildman–Crippen MR) is 98.8 cm³/mol. The molecule has 1 fully saturated rings. The molecule has 5 heteroatoms. The number of amides is 1. The number of carbonyl (C=O) groups excluding carboxylic acids is 1. The van der Waals surface area contributed by atoms with Crippen LogP contribution in [-0.4, -0.2) is 43.2 Å². The van der Waals surface area contributed by atoms with Crippen LogP contribution in [-0.2, 0) is 4.79 Å². The molecule has 2 aliphatic heterocycles. The Morgan fingerprint density at radius 2 is 2.04 bits per heavy atom. The molecule has 122 valence electrons. The quantitative estimate of drug-likeness (QED) is 0.779. The van der Waals surface area contributed by atoms with Crippen LogP contribution >= 0.6 is 11.8 Å². The highest BCUT2D eigenvalue weighted by Gasteiger charge is 2.28. The summed E-state index contributed by atoms with van der Waals surface area (Å²) in [4.78, 5) is 21.5. The summed E-state index contributed by atoms with van der Waals surface area (Å²) in [5.41, 5.74) is 2.19. The summed E-state index contributed by atoms with van der Waals surface area (Å²) in [5.74, 6) is 0.564. The lowest BCUT2D eigenvalue weighted by Gasteiger charge is -2.31. The molecule has 4 nitrogen and oxygen atoms in total. The summed E-state index contributed by atoms with van der Waals surface area (Å²) in [5, 5.41) is 0.873. The zero-order chi connectivity index (χ0) is 16.4. The van der Waals surface area contributed by atoms with Crippen molar-refractivity contribution >= 4 is 34.6 Å². The second-order valence-corrected chi connectivity index (χ2v) is 7.50. The summed E-state index contributed by atoms with van der Waals surface area (Å²) in [6.45, 7) is 4.27. The molecular formula is C18H23N3OS. The summed E-state index contributed by atoms with van der Waals surface area (Å²) < 4.78 is 0. The number of anilines is 1. The Hall–Kier alpha value is -1.75. The van der Waals surface area contributed by atoms with Gasteiger partial charge in [0.2, 0.25) is 0 Å². The fourth-order valence-corrected chi connectivity index (χ4v) is 3.86. The molecule has 0 radical (unpaired) electrons. The van der Waals surface area contributed by atoms with E-state index in [1.165, 1.54) is 24.6 Å². The first-order valence-corrected chi connectivity index (χ1v) is 8.89. The smallest absolute Gasteiger partial charge is 0.286 e. The normalized spacial score (nSPS) is 23.3. The van der Waals surface area contributed by atoms with Crippen LogP contribution in [0.15, 0.2) is 34.2 Å². The highest BCUT2D eigenvalue weighted by molar-refractivity contribution is 8.18. The first kappa shape index (κ1) is 16.1. The van der Waals surface area contributed by atoms with E-state index in [9.17, 15) is 4.79 Å². The number of piperidine rings is 1. The lowest BCUT2D eigenvalue weighted by molar-refractivity contribution is -0.113. The highest BCUT2D eigenvalue weighted by Crippen LogP contribution is 2.32. The van der Waals surface area contributed by atoms with Crippen LogP contribution in [0.4, 0.5) is 5.69 Å². The summed E-state index contributed by atoms with van der Waals surface area (Å²) in [6.07, 6.45) is 4.39. The van der Waals surface area contributed by atoms with E-state index in [1.807, 2.05) is 32.3 Å². The van der Waals surface area contributed by atoms with Gasteiger partial charge in [-0.2, -0.15) is 4.99 Å². The largest absolute Gasteiger partial charge is 0.378 e. The Morgan fingerprint density at radius 1 is 1.30 bits per heavy atom. The number of rotatable bonds is 2. The Labute approximate surface area is 142 Å². The topological polar surface area (TPSA) is 35.9 Å². The SMILES string of the molecule is CC1CCCN(C2=NC(=O)/C(=C/c3ccc(N(C)C)cc3)S2)C1. The third-order valence-corrected chi connectivity index (χ3v) is 5.29. The number of amidine groups is 1. The first-order chi connectivity index (χ1) is 11.0. The van der Waals surface area contributed by atoms with Gasteiger partial charge in [-0.05, 0) is 54.3 Å². The molecular weight excluding hydrogens is 306 g/mol. The van der Waals surface area contributed by atoms with Crippen molar-refractivity contribution < 1.29 is 4.79 Å². The molecule has 3 rings (SSSR count). The van der Waals surface area contributed by atoms with Gasteiger partial charge >= 0.3 is 0 Å². The number of aliphatic imine (C=N–C) groups is 1. The second-order valence-electron chi connectivity index (χ2n) is 6.49. The Balaban J connectivity index is 1.71. The first-order valence-electron chi connectivity index (χ1n) is 8.08. The monoisotopic (exact) mass is 329 g/mol. The number of carbonyl (C=O) groups is 1. The number of nitrogens with zero attached hydrogens (tertiary/aromatic N) is 3. The Morgan fingerprint density at radius 3 is 2.70 bits per heavy atom. The van der Waals surface area contributed by atoms with Crippen molar-refractivity contribution in [1.82, 2.24) is 4.90 Å². The Kier molecular flexibility index (Phi) is 4.76. The molecule has 0 N–H and O–H groups in total. The minimum absolute atomic E-state index is 0.111. The summed E-state index contributed by atoms with van der Waals surface area (Å²) in [7, 11) is 4.03. The third-order valence-electron chi connectivity index (χ3n) is 4.24. The molecule has 1 aromatic carbocycles. The van der Waals surface area contributed by atoms with E-state index < -0.39 is 0 Å². The minimum atomic E-state index is -0.111. The molecule has 1 saturated heterocycles. The van der Waals surface area contributed by atoms with Crippen molar-refractivity contribution in [2.45, 2.75) is 19.8 Å². The molecule has 0 aromatic heterocycles. The number of hydrogen-bond donors (Lipinski definition) is 0. The molecule has 23 heavy (non-hydrogen) atoms. The van der Waals surface area contributed by atoms with Gasteiger partial charge in [0.15, 0.2) is 5.17 Å². The van der Waals surface area contributed by atoms with E-state index in [2.05, 4.69) is 33.8 Å². The van der Waals surface area contributed by atoms with Gasteiger partial charge in [0.05, 0.1) is 4.91 Å². The van der Waals surface area contributed by atoms with E-state index in [0.29, 0.717) is 5.92 Å². The molecule has 0 spiro atoms. The van der Waals surface area contributed by atoms with Gasteiger partial charge in [-0.15, -0.1) is 0 Å². The maximum atomic E-state index is 12.2. The molecule has 0 aliphatic carbocycles.